The first-order valence-corrected chi connectivity index (χ1v) is 7.89. The van der Waals surface area contributed by atoms with Crippen LogP contribution < -0.4 is 10.6 Å². The Labute approximate surface area is 134 Å². The molecule has 23 heavy (non-hydrogen) atoms. The average molecular weight is 316 g/mol. The van der Waals surface area contributed by atoms with Crippen LogP contribution >= 0.6 is 0 Å². The Morgan fingerprint density at radius 3 is 3.09 bits per heavy atom. The first-order valence-electron chi connectivity index (χ1n) is 7.89. The molecule has 122 valence electrons. The van der Waals surface area contributed by atoms with E-state index in [4.69, 9.17) is 0 Å². The van der Waals surface area contributed by atoms with Crippen molar-refractivity contribution < 1.29 is 9.18 Å². The molecule has 1 aliphatic rings. The van der Waals surface area contributed by atoms with Gasteiger partial charge in [-0.05, 0) is 37.1 Å². The monoisotopic (exact) mass is 316 g/mol. The molecule has 0 aliphatic carbocycles. The molecule has 6 heteroatoms. The highest BCUT2D eigenvalue weighted by Crippen LogP contribution is 2.22. The Morgan fingerprint density at radius 1 is 1.57 bits per heavy atom. The van der Waals surface area contributed by atoms with Crippen molar-refractivity contribution in [1.29, 1.82) is 0 Å². The van der Waals surface area contributed by atoms with Crippen LogP contribution in [-0.4, -0.2) is 28.0 Å². The summed E-state index contributed by atoms with van der Waals surface area (Å²) in [5, 5.41) is 6.32. The Balaban J connectivity index is 1.80. The van der Waals surface area contributed by atoms with Gasteiger partial charge in [0.2, 0.25) is 5.91 Å². The van der Waals surface area contributed by atoms with Gasteiger partial charge in [0.05, 0.1) is 0 Å². The summed E-state index contributed by atoms with van der Waals surface area (Å²) in [6.07, 6.45) is 6.03. The van der Waals surface area contributed by atoms with Crippen molar-refractivity contribution in [2.75, 3.05) is 6.54 Å². The van der Waals surface area contributed by atoms with Crippen molar-refractivity contribution in [3.8, 4) is 0 Å². The quantitative estimate of drug-likeness (QED) is 0.886. The molecule has 1 aliphatic heterocycles. The minimum atomic E-state index is -0.459. The zero-order valence-electron chi connectivity index (χ0n) is 13.1. The molecule has 0 radical (unpaired) electrons. The van der Waals surface area contributed by atoms with Gasteiger partial charge >= 0.3 is 0 Å². The normalized spacial score (nSPS) is 18.8. The fraction of sp³-hybridized carbons (Fsp3) is 0.412. The van der Waals surface area contributed by atoms with Crippen LogP contribution in [0.4, 0.5) is 4.39 Å². The fourth-order valence-electron chi connectivity index (χ4n) is 3.01. The van der Waals surface area contributed by atoms with Crippen LogP contribution in [0, 0.1) is 5.82 Å². The highest BCUT2D eigenvalue weighted by atomic mass is 19.1. The van der Waals surface area contributed by atoms with Crippen molar-refractivity contribution in [2.45, 2.75) is 31.3 Å². The first kappa shape index (κ1) is 15.7. The smallest absolute Gasteiger partial charge is 0.222 e. The standard InChI is InChI=1S/C17H21FN4O/c1-22-9-8-20-17(22)16(12-4-2-5-13(18)10-12)21-15(23)11-14-6-3-7-19-14/h2,4-5,8-10,14,16,19H,3,6-7,11H2,1H3,(H,21,23). The maximum absolute atomic E-state index is 13.6. The van der Waals surface area contributed by atoms with E-state index in [1.165, 1.54) is 12.1 Å². The fourth-order valence-corrected chi connectivity index (χ4v) is 3.01. The van der Waals surface area contributed by atoms with Crippen molar-refractivity contribution in [2.24, 2.45) is 7.05 Å². The molecule has 2 unspecified atom stereocenters. The number of carbonyl (C=O) groups excluding carboxylic acids is 1. The number of amides is 1. The van der Waals surface area contributed by atoms with Crippen LogP contribution in [0.2, 0.25) is 0 Å². The average Bonchev–Trinajstić information content (AvgIpc) is 3.16. The SMILES string of the molecule is Cn1ccnc1C(NC(=O)CC1CCCN1)c1cccc(F)c1. The molecule has 3 rings (SSSR count). The molecule has 1 saturated heterocycles. The Hall–Kier alpha value is -2.21. The minimum absolute atomic E-state index is 0.0540. The molecule has 0 bridgehead atoms. The molecule has 0 saturated carbocycles. The largest absolute Gasteiger partial charge is 0.342 e. The summed E-state index contributed by atoms with van der Waals surface area (Å²) < 4.78 is 15.4. The molecule has 1 amide bonds. The molecule has 2 N–H and O–H groups in total. The summed E-state index contributed by atoms with van der Waals surface area (Å²) in [5.41, 5.74) is 0.687. The van der Waals surface area contributed by atoms with Crippen molar-refractivity contribution >= 4 is 5.91 Å². The van der Waals surface area contributed by atoms with Gasteiger partial charge in [-0.15, -0.1) is 0 Å². The second kappa shape index (κ2) is 6.91. The highest BCUT2D eigenvalue weighted by molar-refractivity contribution is 5.77. The van der Waals surface area contributed by atoms with Crippen LogP contribution in [0.1, 0.15) is 36.7 Å². The Kier molecular flexibility index (Phi) is 4.71. The van der Waals surface area contributed by atoms with Gasteiger partial charge in [0, 0.05) is 31.9 Å². The summed E-state index contributed by atoms with van der Waals surface area (Å²) in [5.74, 6) is 0.304. The summed E-state index contributed by atoms with van der Waals surface area (Å²) in [7, 11) is 1.86. The lowest BCUT2D eigenvalue weighted by Gasteiger charge is -2.20. The maximum atomic E-state index is 13.6. The van der Waals surface area contributed by atoms with Crippen LogP contribution in [0.3, 0.4) is 0 Å². The van der Waals surface area contributed by atoms with Gasteiger partial charge in [-0.3, -0.25) is 4.79 Å². The molecule has 1 aromatic carbocycles. The molecule has 2 atom stereocenters. The molecule has 2 aromatic rings. The number of rotatable bonds is 5. The zero-order valence-corrected chi connectivity index (χ0v) is 13.1. The van der Waals surface area contributed by atoms with Gasteiger partial charge in [-0.25, -0.2) is 9.37 Å². The van der Waals surface area contributed by atoms with Gasteiger partial charge < -0.3 is 15.2 Å². The van der Waals surface area contributed by atoms with Crippen LogP contribution in [0.25, 0.3) is 0 Å². The van der Waals surface area contributed by atoms with Crippen molar-refractivity contribution in [3.63, 3.8) is 0 Å². The lowest BCUT2D eigenvalue weighted by atomic mass is 10.0. The van der Waals surface area contributed by atoms with Gasteiger partial charge in [0.25, 0.3) is 0 Å². The zero-order chi connectivity index (χ0) is 16.2. The third kappa shape index (κ3) is 3.76. The molecule has 1 fully saturated rings. The molecular weight excluding hydrogens is 295 g/mol. The second-order valence-corrected chi connectivity index (χ2v) is 5.95. The number of hydrogen-bond acceptors (Lipinski definition) is 3. The van der Waals surface area contributed by atoms with E-state index in [2.05, 4.69) is 15.6 Å². The van der Waals surface area contributed by atoms with E-state index in [0.29, 0.717) is 17.8 Å². The summed E-state index contributed by atoms with van der Waals surface area (Å²) in [6.45, 7) is 0.963. The molecule has 0 spiro atoms. The second-order valence-electron chi connectivity index (χ2n) is 5.95. The first-order chi connectivity index (χ1) is 11.1. The maximum Gasteiger partial charge on any atom is 0.222 e. The molecule has 1 aromatic heterocycles. The predicted molar refractivity (Wildman–Crippen MR) is 85.2 cm³/mol. The number of imidazole rings is 1. The Bertz CT molecular complexity index is 679. The highest BCUT2D eigenvalue weighted by Gasteiger charge is 2.24. The van der Waals surface area contributed by atoms with Crippen molar-refractivity contribution in [1.82, 2.24) is 20.2 Å². The van der Waals surface area contributed by atoms with E-state index in [9.17, 15) is 9.18 Å². The van der Waals surface area contributed by atoms with E-state index in [1.807, 2.05) is 17.8 Å². The predicted octanol–water partition coefficient (Wildman–Crippen LogP) is 1.91. The lowest BCUT2D eigenvalue weighted by Crippen LogP contribution is -2.35. The number of hydrogen-bond donors (Lipinski definition) is 2. The molecule has 2 heterocycles. The lowest BCUT2D eigenvalue weighted by molar-refractivity contribution is -0.122. The minimum Gasteiger partial charge on any atom is -0.342 e. The number of nitrogens with one attached hydrogen (secondary N) is 2. The van der Waals surface area contributed by atoms with Crippen LogP contribution in [0.5, 0.6) is 0 Å². The third-order valence-electron chi connectivity index (χ3n) is 4.20. The third-order valence-corrected chi connectivity index (χ3v) is 4.20. The molecular formula is C17H21FN4O. The number of aryl methyl sites for hydroxylation is 1. The number of benzene rings is 1. The van der Waals surface area contributed by atoms with E-state index < -0.39 is 6.04 Å². The van der Waals surface area contributed by atoms with Gasteiger partial charge in [-0.1, -0.05) is 12.1 Å². The molecule has 5 nitrogen and oxygen atoms in total. The number of aromatic nitrogens is 2. The number of nitrogens with zero attached hydrogens (tertiary/aromatic N) is 2. The van der Waals surface area contributed by atoms with Crippen molar-refractivity contribution in [3.05, 3.63) is 53.9 Å². The van der Waals surface area contributed by atoms with Crippen LogP contribution in [-0.2, 0) is 11.8 Å². The van der Waals surface area contributed by atoms with E-state index in [-0.39, 0.29) is 17.8 Å². The van der Waals surface area contributed by atoms with Crippen LogP contribution in [0.15, 0.2) is 36.7 Å². The van der Waals surface area contributed by atoms with E-state index in [1.54, 1.807) is 18.3 Å². The summed E-state index contributed by atoms with van der Waals surface area (Å²) >= 11 is 0. The van der Waals surface area contributed by atoms with E-state index in [0.717, 1.165) is 19.4 Å². The van der Waals surface area contributed by atoms with E-state index >= 15 is 0 Å². The number of halogens is 1. The van der Waals surface area contributed by atoms with Gasteiger partial charge in [0.15, 0.2) is 0 Å². The van der Waals surface area contributed by atoms with Gasteiger partial charge in [-0.2, -0.15) is 0 Å². The number of carbonyl (C=O) groups is 1. The summed E-state index contributed by atoms with van der Waals surface area (Å²) in [4.78, 5) is 16.7. The van der Waals surface area contributed by atoms with Gasteiger partial charge in [0.1, 0.15) is 17.7 Å². The Morgan fingerprint density at radius 2 is 2.43 bits per heavy atom. The summed E-state index contributed by atoms with van der Waals surface area (Å²) in [6, 6.07) is 6.04. The topological polar surface area (TPSA) is 59.0 Å².